The Morgan fingerprint density at radius 1 is 0.647 bits per heavy atom. The fourth-order valence-electron chi connectivity index (χ4n) is 4.17. The van der Waals surface area contributed by atoms with Gasteiger partial charge in [0, 0.05) is 33.2 Å². The van der Waals surface area contributed by atoms with Crippen LogP contribution in [0.5, 0.6) is 5.75 Å². The number of halogens is 2. The molecular weight excluding hydrogens is 434 g/mol. The maximum absolute atomic E-state index is 15.2. The minimum Gasteiger partial charge on any atom is -0.491 e. The van der Waals surface area contributed by atoms with Gasteiger partial charge in [-0.1, -0.05) is 0 Å². The maximum Gasteiger partial charge on any atom is 0.191 e. The molecule has 0 atom stereocenters. The summed E-state index contributed by atoms with van der Waals surface area (Å²) in [5, 5.41) is 0. The van der Waals surface area contributed by atoms with Crippen molar-refractivity contribution in [2.75, 3.05) is 7.11 Å². The van der Waals surface area contributed by atoms with E-state index >= 15 is 4.39 Å². The van der Waals surface area contributed by atoms with Crippen molar-refractivity contribution in [1.29, 1.82) is 0 Å². The van der Waals surface area contributed by atoms with E-state index in [0.717, 1.165) is 33.6 Å². The SMILES string of the molecule is COc1c(F)ccc(-c2cc3cc4nc(cc5ccc(cc6nc(cc2[nH]3)C=C6)[nH]5)C=C4)c1F. The van der Waals surface area contributed by atoms with Gasteiger partial charge >= 0.3 is 0 Å². The number of hydrogen-bond acceptors (Lipinski definition) is 3. The second-order valence-corrected chi connectivity index (χ2v) is 8.03. The first-order valence-corrected chi connectivity index (χ1v) is 10.7. The van der Waals surface area contributed by atoms with Crippen LogP contribution >= 0.6 is 0 Å². The largest absolute Gasteiger partial charge is 0.491 e. The molecule has 0 saturated carbocycles. The van der Waals surface area contributed by atoms with E-state index in [1.165, 1.54) is 19.2 Å². The van der Waals surface area contributed by atoms with E-state index in [-0.39, 0.29) is 5.56 Å². The number of benzene rings is 1. The Kier molecular flexibility index (Phi) is 4.62. The predicted octanol–water partition coefficient (Wildman–Crippen LogP) is 6.61. The lowest BCUT2D eigenvalue weighted by Gasteiger charge is -2.07. The van der Waals surface area contributed by atoms with Crippen molar-refractivity contribution in [2.45, 2.75) is 0 Å². The van der Waals surface area contributed by atoms with Gasteiger partial charge in [0.1, 0.15) is 0 Å². The number of ether oxygens (including phenoxy) is 1. The van der Waals surface area contributed by atoms with Crippen LogP contribution in [0, 0.1) is 11.6 Å². The summed E-state index contributed by atoms with van der Waals surface area (Å²) in [6.07, 6.45) is 7.65. The number of aromatic nitrogens is 4. The fraction of sp³-hybridized carbons (Fsp3) is 0.0370. The van der Waals surface area contributed by atoms with Gasteiger partial charge < -0.3 is 14.7 Å². The summed E-state index contributed by atoms with van der Waals surface area (Å²) in [4.78, 5) is 16.0. The maximum atomic E-state index is 15.2. The normalized spacial score (nSPS) is 12.3. The number of H-pyrrole nitrogens is 2. The molecule has 5 heterocycles. The summed E-state index contributed by atoms with van der Waals surface area (Å²) in [6, 6.07) is 16.0. The first kappa shape index (κ1) is 20.1. The molecule has 1 aromatic carbocycles. The molecule has 6 rings (SSSR count). The Bertz CT molecular complexity index is 1680. The van der Waals surface area contributed by atoms with Gasteiger partial charge in [0.25, 0.3) is 0 Å². The van der Waals surface area contributed by atoms with E-state index in [1.54, 1.807) is 0 Å². The average molecular weight is 452 g/mol. The number of fused-ring (bicyclic) bond motifs is 8. The molecule has 0 amide bonds. The molecule has 2 aliphatic rings. The lowest BCUT2D eigenvalue weighted by Crippen LogP contribution is -1.95. The van der Waals surface area contributed by atoms with Gasteiger partial charge in [-0.3, -0.25) is 0 Å². The van der Waals surface area contributed by atoms with E-state index in [1.807, 2.05) is 66.8 Å². The van der Waals surface area contributed by atoms with Gasteiger partial charge in [0.2, 0.25) is 0 Å². The molecule has 0 fully saturated rings. The molecular formula is C27H18F2N4O. The van der Waals surface area contributed by atoms with Crippen LogP contribution in [0.25, 0.3) is 57.5 Å². The molecule has 34 heavy (non-hydrogen) atoms. The molecule has 4 aromatic rings. The van der Waals surface area contributed by atoms with Crippen molar-refractivity contribution in [3.05, 3.63) is 89.0 Å². The Morgan fingerprint density at radius 2 is 1.24 bits per heavy atom. The fourth-order valence-corrected chi connectivity index (χ4v) is 4.17. The lowest BCUT2D eigenvalue weighted by atomic mass is 10.1. The molecule has 0 saturated heterocycles. The first-order valence-electron chi connectivity index (χ1n) is 10.7. The zero-order valence-electron chi connectivity index (χ0n) is 18.1. The number of methoxy groups -OCH3 is 1. The van der Waals surface area contributed by atoms with Crippen molar-refractivity contribution in [1.82, 2.24) is 19.9 Å². The second-order valence-electron chi connectivity index (χ2n) is 8.03. The van der Waals surface area contributed by atoms with Crippen LogP contribution in [-0.4, -0.2) is 27.0 Å². The van der Waals surface area contributed by atoms with Crippen LogP contribution in [0.3, 0.4) is 0 Å². The molecule has 0 unspecified atom stereocenters. The van der Waals surface area contributed by atoms with Crippen LogP contribution in [0.1, 0.15) is 22.8 Å². The molecule has 2 aliphatic heterocycles. The van der Waals surface area contributed by atoms with Gasteiger partial charge in [0.05, 0.1) is 29.9 Å². The minimum absolute atomic E-state index is 0.222. The molecule has 0 aliphatic carbocycles. The number of nitrogens with one attached hydrogen (secondary N) is 2. The van der Waals surface area contributed by atoms with Crippen molar-refractivity contribution in [2.24, 2.45) is 0 Å². The van der Waals surface area contributed by atoms with Crippen LogP contribution in [0.15, 0.2) is 54.6 Å². The molecule has 0 spiro atoms. The van der Waals surface area contributed by atoms with Crippen molar-refractivity contribution < 1.29 is 13.5 Å². The highest BCUT2D eigenvalue weighted by Gasteiger charge is 2.18. The minimum atomic E-state index is -0.760. The quantitative estimate of drug-likeness (QED) is 0.311. The van der Waals surface area contributed by atoms with E-state index in [9.17, 15) is 4.39 Å². The summed E-state index contributed by atoms with van der Waals surface area (Å²) in [6.45, 7) is 0. The lowest BCUT2D eigenvalue weighted by molar-refractivity contribution is 0.360. The zero-order chi connectivity index (χ0) is 23.2. The van der Waals surface area contributed by atoms with Crippen LogP contribution in [0.2, 0.25) is 0 Å². The average Bonchev–Trinajstić information content (AvgIpc) is 3.60. The predicted molar refractivity (Wildman–Crippen MR) is 131 cm³/mol. The van der Waals surface area contributed by atoms with E-state index in [4.69, 9.17) is 4.74 Å². The van der Waals surface area contributed by atoms with E-state index < -0.39 is 17.4 Å². The zero-order valence-corrected chi connectivity index (χ0v) is 18.1. The summed E-state index contributed by atoms with van der Waals surface area (Å²) in [5.74, 6) is -1.93. The van der Waals surface area contributed by atoms with Crippen molar-refractivity contribution >= 4 is 46.4 Å². The number of nitrogens with zero attached hydrogens (tertiary/aromatic N) is 2. The molecule has 5 nitrogen and oxygen atoms in total. The summed E-state index contributed by atoms with van der Waals surface area (Å²) in [7, 11) is 1.25. The standard InChI is InChI=1S/C27H18F2N4O/c1-34-27-24(28)9-8-22(26(27)29)23-13-21-12-19-5-4-17(31-19)10-15-2-3-16(30-15)11-18-6-7-20(32-18)14-25(23)33-21/h2-14,30,33H,1H3. The Hall–Kier alpha value is -4.52. The smallest absolute Gasteiger partial charge is 0.191 e. The highest BCUT2D eigenvalue weighted by atomic mass is 19.1. The monoisotopic (exact) mass is 452 g/mol. The van der Waals surface area contributed by atoms with Gasteiger partial charge in [-0.05, 0) is 78.9 Å². The Morgan fingerprint density at radius 3 is 1.85 bits per heavy atom. The van der Waals surface area contributed by atoms with Crippen LogP contribution < -0.4 is 4.74 Å². The number of hydrogen-bond donors (Lipinski definition) is 2. The highest BCUT2D eigenvalue weighted by molar-refractivity contribution is 5.88. The van der Waals surface area contributed by atoms with Crippen molar-refractivity contribution in [3.8, 4) is 16.9 Å². The second kappa shape index (κ2) is 7.81. The molecule has 3 aromatic heterocycles. The van der Waals surface area contributed by atoms with Gasteiger partial charge in [-0.2, -0.15) is 0 Å². The third-order valence-electron chi connectivity index (χ3n) is 5.71. The topological polar surface area (TPSA) is 66.6 Å². The molecule has 2 N–H and O–H groups in total. The summed E-state index contributed by atoms with van der Waals surface area (Å²) in [5.41, 5.74) is 7.06. The first-order chi connectivity index (χ1) is 16.6. The number of rotatable bonds is 2. The van der Waals surface area contributed by atoms with Gasteiger partial charge in [0.15, 0.2) is 17.4 Å². The summed E-state index contributed by atoms with van der Waals surface area (Å²) < 4.78 is 34.2. The summed E-state index contributed by atoms with van der Waals surface area (Å²) >= 11 is 0. The van der Waals surface area contributed by atoms with Crippen molar-refractivity contribution in [3.63, 3.8) is 0 Å². The van der Waals surface area contributed by atoms with E-state index in [2.05, 4.69) is 19.9 Å². The van der Waals surface area contributed by atoms with Crippen LogP contribution in [0.4, 0.5) is 8.78 Å². The molecule has 0 radical (unpaired) electrons. The Balaban J connectivity index is 1.67. The third-order valence-corrected chi connectivity index (χ3v) is 5.71. The Labute approximate surface area is 193 Å². The van der Waals surface area contributed by atoms with Gasteiger partial charge in [-0.25, -0.2) is 18.7 Å². The third kappa shape index (κ3) is 3.57. The molecule has 7 heteroatoms. The van der Waals surface area contributed by atoms with Crippen LogP contribution in [-0.2, 0) is 0 Å². The number of aromatic amines is 2. The van der Waals surface area contributed by atoms with E-state index in [0.29, 0.717) is 16.8 Å². The molecule has 166 valence electrons. The highest BCUT2D eigenvalue weighted by Crippen LogP contribution is 2.34. The van der Waals surface area contributed by atoms with Gasteiger partial charge in [-0.15, -0.1) is 0 Å². The molecule has 8 bridgehead atoms.